The van der Waals surface area contributed by atoms with Gasteiger partial charge in [-0.3, -0.25) is 0 Å². The zero-order valence-electron chi connectivity index (χ0n) is 8.89. The Morgan fingerprint density at radius 2 is 2.13 bits per heavy atom. The average molecular weight is 209 g/mol. The lowest BCUT2D eigenvalue weighted by Crippen LogP contribution is -2.43. The first kappa shape index (κ1) is 10.4. The third-order valence-corrected chi connectivity index (χ3v) is 3.31. The summed E-state index contributed by atoms with van der Waals surface area (Å²) in [5, 5.41) is 9.66. The first-order chi connectivity index (χ1) is 7.07. The van der Waals surface area contributed by atoms with Gasteiger partial charge in [-0.25, -0.2) is 4.39 Å². The molecule has 1 fully saturated rings. The highest BCUT2D eigenvalue weighted by molar-refractivity contribution is 5.43. The van der Waals surface area contributed by atoms with Crippen molar-refractivity contribution >= 4 is 0 Å². The maximum Gasteiger partial charge on any atom is 0.165 e. The number of rotatable bonds is 2. The molecule has 0 amide bonds. The molecule has 2 rings (SSSR count). The Hall–Kier alpha value is -1.09. The van der Waals surface area contributed by atoms with E-state index in [1.807, 2.05) is 13.0 Å². The number of hydrogen-bond acceptors (Lipinski definition) is 2. The number of hydrogen-bond donors (Lipinski definition) is 2. The minimum atomic E-state index is -0.555. The van der Waals surface area contributed by atoms with Gasteiger partial charge in [-0.05, 0) is 37.3 Å². The third-order valence-electron chi connectivity index (χ3n) is 3.31. The topological polar surface area (TPSA) is 46.2 Å². The number of phenolic OH excluding ortho intramolecular Hbond substituents is 1. The molecule has 0 spiro atoms. The van der Waals surface area contributed by atoms with Crippen LogP contribution in [0.15, 0.2) is 12.1 Å². The highest BCUT2D eigenvalue weighted by atomic mass is 19.1. The Labute approximate surface area is 88.9 Å². The molecule has 0 aliphatic heterocycles. The fourth-order valence-electron chi connectivity index (χ4n) is 2.07. The summed E-state index contributed by atoms with van der Waals surface area (Å²) >= 11 is 0. The van der Waals surface area contributed by atoms with Crippen LogP contribution in [-0.4, -0.2) is 5.11 Å². The van der Waals surface area contributed by atoms with E-state index in [1.165, 1.54) is 6.07 Å². The van der Waals surface area contributed by atoms with E-state index in [2.05, 4.69) is 0 Å². The lowest BCUT2D eigenvalue weighted by atomic mass is 9.72. The molecule has 3 N–H and O–H groups in total. The Kier molecular flexibility index (Phi) is 2.43. The molecule has 0 aromatic heterocycles. The zero-order valence-corrected chi connectivity index (χ0v) is 8.89. The summed E-state index contributed by atoms with van der Waals surface area (Å²) in [7, 11) is 0. The van der Waals surface area contributed by atoms with E-state index in [1.54, 1.807) is 0 Å². The molecule has 0 unspecified atom stereocenters. The molecule has 1 saturated carbocycles. The van der Waals surface area contributed by atoms with Gasteiger partial charge in [0, 0.05) is 11.1 Å². The summed E-state index contributed by atoms with van der Waals surface area (Å²) in [4.78, 5) is 0. The predicted octanol–water partition coefficient (Wildman–Crippen LogP) is 2.43. The molecule has 0 bridgehead atoms. The third kappa shape index (κ3) is 1.61. The molecular weight excluding hydrogens is 193 g/mol. The van der Waals surface area contributed by atoms with E-state index in [0.29, 0.717) is 5.56 Å². The smallest absolute Gasteiger partial charge is 0.165 e. The molecular formula is C12H16FNO. The van der Waals surface area contributed by atoms with Crippen LogP contribution in [-0.2, 0) is 12.0 Å². The fraction of sp³-hybridized carbons (Fsp3) is 0.500. The molecule has 0 saturated heterocycles. The molecule has 82 valence electrons. The SMILES string of the molecule is CCc1cc(F)c(O)c(C2(N)CCC2)c1. The Bertz CT molecular complexity index is 385. The van der Waals surface area contributed by atoms with Gasteiger partial charge in [0.1, 0.15) is 0 Å². The van der Waals surface area contributed by atoms with Crippen LogP contribution in [0, 0.1) is 5.82 Å². The lowest BCUT2D eigenvalue weighted by Gasteiger charge is -2.39. The Morgan fingerprint density at radius 3 is 2.60 bits per heavy atom. The van der Waals surface area contributed by atoms with Crippen LogP contribution in [0.3, 0.4) is 0 Å². The Morgan fingerprint density at radius 1 is 1.47 bits per heavy atom. The van der Waals surface area contributed by atoms with Gasteiger partial charge in [-0.2, -0.15) is 0 Å². The summed E-state index contributed by atoms with van der Waals surface area (Å²) < 4.78 is 13.4. The molecule has 3 heteroatoms. The molecule has 0 radical (unpaired) electrons. The van der Waals surface area contributed by atoms with Gasteiger partial charge in [-0.1, -0.05) is 13.0 Å². The number of aryl methyl sites for hydroxylation is 1. The van der Waals surface area contributed by atoms with Crippen LogP contribution in [0.2, 0.25) is 0 Å². The molecule has 0 atom stereocenters. The minimum absolute atomic E-state index is 0.269. The second-order valence-electron chi connectivity index (χ2n) is 4.34. The van der Waals surface area contributed by atoms with Crippen molar-refractivity contribution in [3.8, 4) is 5.75 Å². The van der Waals surface area contributed by atoms with E-state index in [9.17, 15) is 9.50 Å². The van der Waals surface area contributed by atoms with Gasteiger partial charge in [0.25, 0.3) is 0 Å². The summed E-state index contributed by atoms with van der Waals surface area (Å²) in [6.45, 7) is 1.96. The van der Waals surface area contributed by atoms with Crippen LogP contribution < -0.4 is 5.73 Å². The average Bonchev–Trinajstić information content (AvgIpc) is 2.18. The van der Waals surface area contributed by atoms with E-state index < -0.39 is 11.4 Å². The molecule has 1 aromatic rings. The second-order valence-corrected chi connectivity index (χ2v) is 4.34. The molecule has 1 aliphatic carbocycles. The number of nitrogens with two attached hydrogens (primary N) is 1. The quantitative estimate of drug-likeness (QED) is 0.785. The second kappa shape index (κ2) is 3.49. The molecule has 1 aliphatic rings. The van der Waals surface area contributed by atoms with Crippen molar-refractivity contribution < 1.29 is 9.50 Å². The molecule has 0 heterocycles. The van der Waals surface area contributed by atoms with E-state index in [0.717, 1.165) is 31.2 Å². The molecule has 1 aromatic carbocycles. The highest BCUT2D eigenvalue weighted by Crippen LogP contribution is 2.43. The Balaban J connectivity index is 2.49. The van der Waals surface area contributed by atoms with Crippen molar-refractivity contribution in [1.29, 1.82) is 0 Å². The van der Waals surface area contributed by atoms with E-state index in [4.69, 9.17) is 5.73 Å². The lowest BCUT2D eigenvalue weighted by molar-refractivity contribution is 0.242. The molecule has 15 heavy (non-hydrogen) atoms. The van der Waals surface area contributed by atoms with Crippen LogP contribution >= 0.6 is 0 Å². The van der Waals surface area contributed by atoms with Crippen LogP contribution in [0.5, 0.6) is 5.75 Å². The standard InChI is InChI=1S/C12H16FNO/c1-2-8-6-9(11(15)10(13)7-8)12(14)4-3-5-12/h6-7,15H,2-5,14H2,1H3. The maximum absolute atomic E-state index is 13.4. The first-order valence-corrected chi connectivity index (χ1v) is 5.37. The van der Waals surface area contributed by atoms with Gasteiger partial charge in [0.2, 0.25) is 0 Å². The van der Waals surface area contributed by atoms with E-state index in [-0.39, 0.29) is 5.75 Å². The summed E-state index contributed by atoms with van der Waals surface area (Å²) in [6.07, 6.45) is 3.45. The van der Waals surface area contributed by atoms with Gasteiger partial charge >= 0.3 is 0 Å². The van der Waals surface area contributed by atoms with Crippen molar-refractivity contribution in [2.24, 2.45) is 5.73 Å². The largest absolute Gasteiger partial charge is 0.505 e. The summed E-state index contributed by atoms with van der Waals surface area (Å²) in [5.41, 5.74) is 7.05. The minimum Gasteiger partial charge on any atom is -0.505 e. The van der Waals surface area contributed by atoms with Gasteiger partial charge in [0.05, 0.1) is 0 Å². The van der Waals surface area contributed by atoms with Crippen molar-refractivity contribution in [1.82, 2.24) is 0 Å². The highest BCUT2D eigenvalue weighted by Gasteiger charge is 2.37. The van der Waals surface area contributed by atoms with E-state index >= 15 is 0 Å². The fourth-order valence-corrected chi connectivity index (χ4v) is 2.07. The summed E-state index contributed by atoms with van der Waals surface area (Å²) in [6, 6.07) is 3.21. The number of phenols is 1. The summed E-state index contributed by atoms with van der Waals surface area (Å²) in [5.74, 6) is -0.824. The number of halogens is 1. The number of aromatic hydroxyl groups is 1. The van der Waals surface area contributed by atoms with Crippen LogP contribution in [0.1, 0.15) is 37.3 Å². The van der Waals surface area contributed by atoms with Crippen molar-refractivity contribution in [2.75, 3.05) is 0 Å². The van der Waals surface area contributed by atoms with Gasteiger partial charge < -0.3 is 10.8 Å². The van der Waals surface area contributed by atoms with Crippen molar-refractivity contribution in [2.45, 2.75) is 38.1 Å². The zero-order chi connectivity index (χ0) is 11.1. The van der Waals surface area contributed by atoms with Crippen LogP contribution in [0.4, 0.5) is 4.39 Å². The number of benzene rings is 1. The van der Waals surface area contributed by atoms with Gasteiger partial charge in [-0.15, -0.1) is 0 Å². The first-order valence-electron chi connectivity index (χ1n) is 5.37. The monoisotopic (exact) mass is 209 g/mol. The van der Waals surface area contributed by atoms with Crippen molar-refractivity contribution in [3.63, 3.8) is 0 Å². The normalized spacial score (nSPS) is 18.6. The predicted molar refractivity (Wildman–Crippen MR) is 57.2 cm³/mol. The maximum atomic E-state index is 13.4. The van der Waals surface area contributed by atoms with Crippen molar-refractivity contribution in [3.05, 3.63) is 29.1 Å². The van der Waals surface area contributed by atoms with Crippen LogP contribution in [0.25, 0.3) is 0 Å². The molecule has 2 nitrogen and oxygen atoms in total. The van der Waals surface area contributed by atoms with Gasteiger partial charge in [0.15, 0.2) is 11.6 Å².